The van der Waals surface area contributed by atoms with Crippen LogP contribution in [0.2, 0.25) is 0 Å². The molecule has 5 heterocycles. The first-order chi connectivity index (χ1) is 20.0. The highest BCUT2D eigenvalue weighted by atomic mass is 32.2. The number of hydrogen-bond acceptors (Lipinski definition) is 13. The number of likely N-dealkylation sites (tertiary alicyclic amines) is 1. The van der Waals surface area contributed by atoms with E-state index < -0.39 is 35.2 Å². The molecule has 5 rings (SSSR count). The number of aliphatic carboxylic acids is 1. The minimum absolute atomic E-state index is 0.134. The third kappa shape index (κ3) is 5.98. The van der Waals surface area contributed by atoms with Crippen molar-refractivity contribution >= 4 is 80.8 Å². The lowest BCUT2D eigenvalue weighted by atomic mass is 10.0. The molecule has 2 aromatic heterocycles. The Morgan fingerprint density at radius 2 is 2.00 bits per heavy atom. The summed E-state index contributed by atoms with van der Waals surface area (Å²) in [6.07, 6.45) is 2.19. The van der Waals surface area contributed by atoms with Crippen LogP contribution >= 0.6 is 46.2 Å². The van der Waals surface area contributed by atoms with E-state index in [-0.39, 0.29) is 32.9 Å². The lowest BCUT2D eigenvalue weighted by Gasteiger charge is -2.49. The summed E-state index contributed by atoms with van der Waals surface area (Å²) in [7, 11) is 3.37. The second kappa shape index (κ2) is 12.2. The van der Waals surface area contributed by atoms with Crippen LogP contribution in [-0.4, -0.2) is 109 Å². The molecule has 5 N–H and O–H groups in total. The molecule has 2 saturated heterocycles. The van der Waals surface area contributed by atoms with Crippen LogP contribution in [0.4, 0.5) is 5.13 Å². The summed E-state index contributed by atoms with van der Waals surface area (Å²) in [4.78, 5) is 65.1. The molecule has 2 atom stereocenters. The number of nitrogens with zero attached hydrogens (tertiary/aromatic N) is 5. The number of anilines is 1. The number of hydrogen-bond donors (Lipinski definition) is 4. The molecule has 0 aliphatic carbocycles. The number of thiazole rings is 2. The Balaban J connectivity index is 1.29. The van der Waals surface area contributed by atoms with Crippen molar-refractivity contribution in [3.8, 4) is 0 Å². The molecule has 1 unspecified atom stereocenters. The Bertz CT molecular complexity index is 1500. The lowest BCUT2D eigenvalue weighted by Crippen LogP contribution is -2.71. The van der Waals surface area contributed by atoms with Gasteiger partial charge in [-0.15, -0.1) is 34.4 Å². The molecule has 18 heteroatoms. The molecular formula is C24H28N7O7S4+. The number of carboxylic acids is 2. The average molecular weight is 655 g/mol. The number of β-lactam (4-membered cyclic amide) rings is 1. The molecule has 224 valence electrons. The topological polar surface area (TPSA) is 197 Å². The van der Waals surface area contributed by atoms with E-state index in [1.807, 2.05) is 0 Å². The normalized spacial score (nSPS) is 21.6. The van der Waals surface area contributed by atoms with Crippen molar-refractivity contribution in [1.82, 2.24) is 20.2 Å². The first kappa shape index (κ1) is 30.3. The van der Waals surface area contributed by atoms with Crippen molar-refractivity contribution in [2.24, 2.45) is 5.16 Å². The van der Waals surface area contributed by atoms with Gasteiger partial charge in [0.25, 0.3) is 11.8 Å². The van der Waals surface area contributed by atoms with Crippen LogP contribution in [0, 0.1) is 0 Å². The SMILES string of the molecule is CO/N=C(\C(=O)N[C@@H]1C(=O)N2C(C(=O)O)=C(CSc3nc(C[N+]4(C)CCCC4)c(C(=O)O)s3)CSC12)c1csc(N)n1. The average Bonchev–Trinajstić information content (AvgIpc) is 3.68. The number of carbonyl (C=O) groups is 4. The number of quaternary nitrogens is 1. The maximum Gasteiger partial charge on any atom is 0.352 e. The monoisotopic (exact) mass is 654 g/mol. The minimum atomic E-state index is -1.26. The molecule has 0 aromatic carbocycles. The highest BCUT2D eigenvalue weighted by molar-refractivity contribution is 8.01. The fourth-order valence-electron chi connectivity index (χ4n) is 5.13. The molecule has 42 heavy (non-hydrogen) atoms. The number of amides is 2. The number of carboxylic acid groups (broad SMARTS) is 2. The van der Waals surface area contributed by atoms with Gasteiger partial charge in [-0.1, -0.05) is 16.9 Å². The summed E-state index contributed by atoms with van der Waals surface area (Å²) < 4.78 is 1.27. The summed E-state index contributed by atoms with van der Waals surface area (Å²) in [5, 5.41) is 27.3. The maximum absolute atomic E-state index is 13.1. The molecule has 0 saturated carbocycles. The number of aromatic nitrogens is 2. The minimum Gasteiger partial charge on any atom is -0.477 e. The van der Waals surface area contributed by atoms with Gasteiger partial charge in [-0.05, 0) is 5.57 Å². The van der Waals surface area contributed by atoms with Crippen molar-refractivity contribution in [2.75, 3.05) is 44.5 Å². The molecule has 14 nitrogen and oxygen atoms in total. The second-order valence-corrected chi connectivity index (χ2v) is 14.3. The largest absolute Gasteiger partial charge is 0.477 e. The Kier molecular flexibility index (Phi) is 8.79. The van der Waals surface area contributed by atoms with E-state index in [4.69, 9.17) is 10.6 Å². The number of carbonyl (C=O) groups excluding carboxylic acids is 2. The van der Waals surface area contributed by atoms with E-state index in [0.29, 0.717) is 27.9 Å². The number of nitrogen functional groups attached to an aromatic ring is 1. The van der Waals surface area contributed by atoms with Gasteiger partial charge in [0.15, 0.2) is 15.2 Å². The highest BCUT2D eigenvalue weighted by Crippen LogP contribution is 2.42. The van der Waals surface area contributed by atoms with Gasteiger partial charge in [-0.3, -0.25) is 14.5 Å². The Hall–Kier alpha value is -3.19. The molecule has 0 bridgehead atoms. The molecule has 2 fully saturated rings. The van der Waals surface area contributed by atoms with Gasteiger partial charge in [0.05, 0.1) is 20.1 Å². The van der Waals surface area contributed by atoms with Gasteiger partial charge in [0.2, 0.25) is 0 Å². The summed E-state index contributed by atoms with van der Waals surface area (Å²) in [5.41, 5.74) is 6.61. The number of oxime groups is 1. The van der Waals surface area contributed by atoms with Gasteiger partial charge in [0.1, 0.15) is 47.0 Å². The Morgan fingerprint density at radius 3 is 2.62 bits per heavy atom. The summed E-state index contributed by atoms with van der Waals surface area (Å²) >= 11 is 4.78. The number of aromatic carboxylic acids is 1. The number of nitrogens with one attached hydrogen (secondary N) is 1. The van der Waals surface area contributed by atoms with Crippen LogP contribution in [0.25, 0.3) is 0 Å². The fourth-order valence-corrected chi connectivity index (χ4v) is 9.17. The first-order valence-electron chi connectivity index (χ1n) is 12.7. The molecular weight excluding hydrogens is 627 g/mol. The number of nitrogens with two attached hydrogens (primary N) is 1. The Morgan fingerprint density at radius 1 is 1.26 bits per heavy atom. The number of rotatable bonds is 11. The Labute approximate surface area is 256 Å². The smallest absolute Gasteiger partial charge is 0.352 e. The van der Waals surface area contributed by atoms with E-state index >= 15 is 0 Å². The zero-order valence-corrected chi connectivity index (χ0v) is 25.8. The zero-order valence-electron chi connectivity index (χ0n) is 22.6. The molecule has 3 aliphatic rings. The van der Waals surface area contributed by atoms with E-state index in [1.54, 1.807) is 0 Å². The third-order valence-electron chi connectivity index (χ3n) is 7.12. The van der Waals surface area contributed by atoms with Gasteiger partial charge in [-0.25, -0.2) is 19.6 Å². The second-order valence-electron chi connectivity index (χ2n) is 10.1. The summed E-state index contributed by atoms with van der Waals surface area (Å²) in [6, 6.07) is -0.973. The predicted octanol–water partition coefficient (Wildman–Crippen LogP) is 1.50. The highest BCUT2D eigenvalue weighted by Gasteiger charge is 2.54. The molecule has 3 aliphatic heterocycles. The number of thioether (sulfide) groups is 2. The first-order valence-corrected chi connectivity index (χ1v) is 16.5. The van der Waals surface area contributed by atoms with Crippen LogP contribution in [-0.2, 0) is 25.8 Å². The quantitative estimate of drug-likeness (QED) is 0.0897. The summed E-state index contributed by atoms with van der Waals surface area (Å²) in [6.45, 7) is 2.47. The fraction of sp³-hybridized carbons (Fsp3) is 0.458. The van der Waals surface area contributed by atoms with Crippen molar-refractivity contribution in [3.63, 3.8) is 0 Å². The molecule has 0 spiro atoms. The van der Waals surface area contributed by atoms with E-state index in [2.05, 4.69) is 27.5 Å². The van der Waals surface area contributed by atoms with Crippen LogP contribution < -0.4 is 11.1 Å². The zero-order chi connectivity index (χ0) is 30.2. The van der Waals surface area contributed by atoms with E-state index in [9.17, 15) is 29.4 Å². The van der Waals surface area contributed by atoms with E-state index in [0.717, 1.165) is 53.1 Å². The number of fused-ring (bicyclic) bond motifs is 1. The standard InChI is InChI=1S/C24H27N7O7S4/c1-31(5-3-4-6-31)7-12-17(22(36)37)42-24(27-12)41-9-11-8-39-20-15(19(33)30(20)16(11)21(34)35)28-18(32)14(29-38-2)13-10-40-23(25)26-13/h10,15,20H,3-9H2,1-2H3,(H4-,25,26,28,32,34,35,36,37)/p+1/b29-14-/t15-,20?/m1/s1. The third-order valence-corrected chi connectivity index (χ3v) is 11.4. The molecule has 0 radical (unpaired) electrons. The maximum atomic E-state index is 13.1. The van der Waals surface area contributed by atoms with Gasteiger partial charge < -0.3 is 30.6 Å². The molecule has 2 aromatic rings. The van der Waals surface area contributed by atoms with Crippen LogP contribution in [0.5, 0.6) is 0 Å². The van der Waals surface area contributed by atoms with Crippen molar-refractivity contribution in [3.05, 3.63) is 32.9 Å². The predicted molar refractivity (Wildman–Crippen MR) is 158 cm³/mol. The van der Waals surface area contributed by atoms with E-state index in [1.165, 1.54) is 40.9 Å². The van der Waals surface area contributed by atoms with Crippen LogP contribution in [0.3, 0.4) is 0 Å². The van der Waals surface area contributed by atoms with Gasteiger partial charge in [0, 0.05) is 29.7 Å². The van der Waals surface area contributed by atoms with Crippen LogP contribution in [0.15, 0.2) is 26.1 Å². The van der Waals surface area contributed by atoms with Gasteiger partial charge >= 0.3 is 11.9 Å². The lowest BCUT2D eigenvalue weighted by molar-refractivity contribution is -0.911. The van der Waals surface area contributed by atoms with Gasteiger partial charge in [-0.2, -0.15) is 0 Å². The van der Waals surface area contributed by atoms with Crippen molar-refractivity contribution in [1.29, 1.82) is 0 Å². The van der Waals surface area contributed by atoms with Crippen molar-refractivity contribution < 1.29 is 38.7 Å². The molecule has 2 amide bonds. The van der Waals surface area contributed by atoms with Crippen molar-refractivity contribution in [2.45, 2.75) is 35.1 Å². The van der Waals surface area contributed by atoms with Crippen LogP contribution in [0.1, 0.15) is 33.9 Å². The summed E-state index contributed by atoms with van der Waals surface area (Å²) in [5.74, 6) is -3.04.